The van der Waals surface area contributed by atoms with Crippen LogP contribution in [0.2, 0.25) is 5.02 Å². The second-order valence-corrected chi connectivity index (χ2v) is 7.21. The Balaban J connectivity index is 0.000000330. The Hall–Kier alpha value is -2.90. The van der Waals surface area contributed by atoms with Gasteiger partial charge in [0.15, 0.2) is 0 Å². The number of imidazole rings is 1. The maximum Gasteiger partial charge on any atom is 0.414 e. The molecule has 0 radical (unpaired) electrons. The molecule has 4 rings (SSSR count). The lowest BCUT2D eigenvalue weighted by Crippen LogP contribution is -2.44. The zero-order valence-electron chi connectivity index (χ0n) is 15.2. The number of aliphatic carboxylic acids is 2. The van der Waals surface area contributed by atoms with Crippen molar-refractivity contribution >= 4 is 34.6 Å². The molecule has 0 amide bonds. The molecular weight excluding hydrogens is 382 g/mol. The van der Waals surface area contributed by atoms with Gasteiger partial charge < -0.3 is 15.2 Å². The standard InChI is InChI=1S/C18H18ClN3.C2H2O4/c1-12-5-6-16-17(7-12)21-18(20-16)14-10-22(11-14)9-13-3-2-4-15(19)8-13;3-1(4)2(5)6/h2-8,14H,9-11H2,1H3,(H,20,21);(H,3,4)(H,5,6). The molecule has 3 aromatic rings. The van der Waals surface area contributed by atoms with E-state index in [4.69, 9.17) is 36.4 Å². The smallest absolute Gasteiger partial charge is 0.414 e. The van der Waals surface area contributed by atoms with Crippen LogP contribution in [-0.4, -0.2) is 50.1 Å². The molecular formula is C20H20ClN3O4. The summed E-state index contributed by atoms with van der Waals surface area (Å²) in [6.45, 7) is 5.16. The highest BCUT2D eigenvalue weighted by atomic mass is 35.5. The third-order valence-electron chi connectivity index (χ3n) is 4.48. The van der Waals surface area contributed by atoms with E-state index in [9.17, 15) is 0 Å². The summed E-state index contributed by atoms with van der Waals surface area (Å²) >= 11 is 6.04. The topological polar surface area (TPSA) is 107 Å². The highest BCUT2D eigenvalue weighted by molar-refractivity contribution is 6.30. The summed E-state index contributed by atoms with van der Waals surface area (Å²) in [5.74, 6) is -2.03. The van der Waals surface area contributed by atoms with Gasteiger partial charge in [0, 0.05) is 30.6 Å². The van der Waals surface area contributed by atoms with Crippen molar-refractivity contribution in [2.24, 2.45) is 0 Å². The second-order valence-electron chi connectivity index (χ2n) is 6.77. The molecule has 0 atom stereocenters. The lowest BCUT2D eigenvalue weighted by Gasteiger charge is -2.38. The van der Waals surface area contributed by atoms with Crippen LogP contribution in [0.5, 0.6) is 0 Å². The van der Waals surface area contributed by atoms with Crippen LogP contribution in [0.3, 0.4) is 0 Å². The largest absolute Gasteiger partial charge is 0.473 e. The first-order valence-electron chi connectivity index (χ1n) is 8.71. The van der Waals surface area contributed by atoms with E-state index < -0.39 is 11.9 Å². The summed E-state index contributed by atoms with van der Waals surface area (Å²) in [6.07, 6.45) is 0. The van der Waals surface area contributed by atoms with Gasteiger partial charge in [-0.3, -0.25) is 4.90 Å². The fourth-order valence-electron chi connectivity index (χ4n) is 3.10. The first-order chi connectivity index (χ1) is 13.3. The monoisotopic (exact) mass is 401 g/mol. The van der Waals surface area contributed by atoms with Crippen LogP contribution >= 0.6 is 11.6 Å². The molecule has 1 aliphatic rings. The van der Waals surface area contributed by atoms with Crippen molar-refractivity contribution in [2.75, 3.05) is 13.1 Å². The lowest BCUT2D eigenvalue weighted by atomic mass is 9.98. The number of nitrogens with zero attached hydrogens (tertiary/aromatic N) is 2. The number of hydrogen-bond acceptors (Lipinski definition) is 4. The van der Waals surface area contributed by atoms with Gasteiger partial charge in [-0.1, -0.05) is 29.8 Å². The number of carboxylic acid groups (broad SMARTS) is 2. The number of carboxylic acids is 2. The maximum absolute atomic E-state index is 9.10. The number of rotatable bonds is 3. The van der Waals surface area contributed by atoms with Gasteiger partial charge in [-0.05, 0) is 42.3 Å². The van der Waals surface area contributed by atoms with E-state index in [2.05, 4.69) is 41.1 Å². The highest BCUT2D eigenvalue weighted by Gasteiger charge is 2.30. The number of aromatic amines is 1. The minimum Gasteiger partial charge on any atom is -0.473 e. The van der Waals surface area contributed by atoms with Crippen LogP contribution in [0, 0.1) is 6.92 Å². The fourth-order valence-corrected chi connectivity index (χ4v) is 3.31. The molecule has 8 heteroatoms. The van der Waals surface area contributed by atoms with E-state index in [1.807, 2.05) is 18.2 Å². The van der Waals surface area contributed by atoms with Crippen molar-refractivity contribution < 1.29 is 19.8 Å². The minimum atomic E-state index is -1.82. The molecule has 146 valence electrons. The van der Waals surface area contributed by atoms with Gasteiger partial charge in [-0.25, -0.2) is 14.6 Å². The molecule has 1 saturated heterocycles. The van der Waals surface area contributed by atoms with Crippen molar-refractivity contribution in [2.45, 2.75) is 19.4 Å². The predicted molar refractivity (Wildman–Crippen MR) is 106 cm³/mol. The highest BCUT2D eigenvalue weighted by Crippen LogP contribution is 2.28. The van der Waals surface area contributed by atoms with Gasteiger partial charge in [0.2, 0.25) is 0 Å². The van der Waals surface area contributed by atoms with E-state index in [0.717, 1.165) is 41.5 Å². The number of H-pyrrole nitrogens is 1. The van der Waals surface area contributed by atoms with Crippen LogP contribution in [0.1, 0.15) is 22.9 Å². The lowest BCUT2D eigenvalue weighted by molar-refractivity contribution is -0.159. The molecule has 0 aliphatic carbocycles. The number of aryl methyl sites for hydroxylation is 1. The quantitative estimate of drug-likeness (QED) is 0.581. The number of fused-ring (bicyclic) bond motifs is 1. The Morgan fingerprint density at radius 1 is 1.18 bits per heavy atom. The summed E-state index contributed by atoms with van der Waals surface area (Å²) in [4.78, 5) is 28.8. The average Bonchev–Trinajstić information content (AvgIpc) is 3.00. The van der Waals surface area contributed by atoms with Crippen LogP contribution in [0.4, 0.5) is 0 Å². The van der Waals surface area contributed by atoms with Crippen LogP contribution in [-0.2, 0) is 16.1 Å². The molecule has 1 aromatic heterocycles. The number of halogens is 1. The van der Waals surface area contributed by atoms with E-state index in [1.165, 1.54) is 11.1 Å². The van der Waals surface area contributed by atoms with E-state index >= 15 is 0 Å². The van der Waals surface area contributed by atoms with E-state index in [-0.39, 0.29) is 0 Å². The molecule has 7 nitrogen and oxygen atoms in total. The van der Waals surface area contributed by atoms with Crippen molar-refractivity contribution in [1.82, 2.24) is 14.9 Å². The van der Waals surface area contributed by atoms with Gasteiger partial charge in [0.05, 0.1) is 11.0 Å². The predicted octanol–water partition coefficient (Wildman–Crippen LogP) is 3.28. The molecule has 1 aliphatic heterocycles. The van der Waals surface area contributed by atoms with Gasteiger partial charge in [-0.2, -0.15) is 0 Å². The van der Waals surface area contributed by atoms with Crippen molar-refractivity contribution in [3.63, 3.8) is 0 Å². The number of benzene rings is 2. The van der Waals surface area contributed by atoms with Crippen LogP contribution < -0.4 is 0 Å². The molecule has 0 bridgehead atoms. The normalized spacial score (nSPS) is 14.2. The Morgan fingerprint density at radius 3 is 2.54 bits per heavy atom. The molecule has 2 heterocycles. The fraction of sp³-hybridized carbons (Fsp3) is 0.250. The van der Waals surface area contributed by atoms with Gasteiger partial charge in [-0.15, -0.1) is 0 Å². The van der Waals surface area contributed by atoms with E-state index in [0.29, 0.717) is 5.92 Å². The zero-order chi connectivity index (χ0) is 20.3. The number of likely N-dealkylation sites (tertiary alicyclic amines) is 1. The second kappa shape index (κ2) is 8.41. The number of carbonyl (C=O) groups is 2. The summed E-state index contributed by atoms with van der Waals surface area (Å²) in [7, 11) is 0. The number of aromatic nitrogens is 2. The first kappa shape index (κ1) is 19.9. The molecule has 0 unspecified atom stereocenters. The number of hydrogen-bond donors (Lipinski definition) is 3. The first-order valence-corrected chi connectivity index (χ1v) is 9.09. The van der Waals surface area contributed by atoms with Crippen molar-refractivity contribution in [1.29, 1.82) is 0 Å². The Morgan fingerprint density at radius 2 is 1.89 bits per heavy atom. The minimum absolute atomic E-state index is 0.506. The molecule has 3 N–H and O–H groups in total. The number of nitrogens with one attached hydrogen (secondary N) is 1. The summed E-state index contributed by atoms with van der Waals surface area (Å²) in [5, 5.41) is 15.6. The Labute approximate surface area is 166 Å². The van der Waals surface area contributed by atoms with Crippen molar-refractivity contribution in [3.05, 3.63) is 64.4 Å². The van der Waals surface area contributed by atoms with Gasteiger partial charge >= 0.3 is 11.9 Å². The molecule has 2 aromatic carbocycles. The third-order valence-corrected chi connectivity index (χ3v) is 4.71. The Bertz CT molecular complexity index is 1000. The van der Waals surface area contributed by atoms with Crippen molar-refractivity contribution in [3.8, 4) is 0 Å². The average molecular weight is 402 g/mol. The SMILES string of the molecule is Cc1ccc2nc(C3CN(Cc4cccc(Cl)c4)C3)[nH]c2c1.O=C(O)C(=O)O. The maximum atomic E-state index is 9.10. The van der Waals surface area contributed by atoms with Gasteiger partial charge in [0.25, 0.3) is 0 Å². The zero-order valence-corrected chi connectivity index (χ0v) is 16.0. The molecule has 28 heavy (non-hydrogen) atoms. The summed E-state index contributed by atoms with van der Waals surface area (Å²) in [5.41, 5.74) is 4.74. The summed E-state index contributed by atoms with van der Waals surface area (Å²) in [6, 6.07) is 14.5. The van der Waals surface area contributed by atoms with E-state index in [1.54, 1.807) is 0 Å². The molecule has 0 saturated carbocycles. The molecule has 0 spiro atoms. The molecule has 1 fully saturated rings. The van der Waals surface area contributed by atoms with Crippen LogP contribution in [0.25, 0.3) is 11.0 Å². The Kier molecular flexibility index (Phi) is 5.96. The third kappa shape index (κ3) is 4.88. The van der Waals surface area contributed by atoms with Crippen LogP contribution in [0.15, 0.2) is 42.5 Å². The van der Waals surface area contributed by atoms with Gasteiger partial charge in [0.1, 0.15) is 5.82 Å². The summed E-state index contributed by atoms with van der Waals surface area (Å²) < 4.78 is 0.